The number of benzene rings is 1. The summed E-state index contributed by atoms with van der Waals surface area (Å²) < 4.78 is 1.57. The van der Waals surface area contributed by atoms with Crippen LogP contribution in [0, 0.1) is 0 Å². The van der Waals surface area contributed by atoms with E-state index in [0.29, 0.717) is 6.42 Å². The molecule has 1 fully saturated rings. The van der Waals surface area contributed by atoms with Gasteiger partial charge >= 0.3 is 0 Å². The van der Waals surface area contributed by atoms with Gasteiger partial charge in [0.25, 0.3) is 0 Å². The normalized spacial score (nSPS) is 17.2. The summed E-state index contributed by atoms with van der Waals surface area (Å²) in [5, 5.41) is 11.3. The zero-order chi connectivity index (χ0) is 16.1. The molecule has 0 aliphatic carbocycles. The van der Waals surface area contributed by atoms with Gasteiger partial charge in [-0.25, -0.2) is 4.68 Å². The zero-order valence-electron chi connectivity index (χ0n) is 13.4. The van der Waals surface area contributed by atoms with Gasteiger partial charge in [0, 0.05) is 32.6 Å². The Morgan fingerprint density at radius 3 is 2.52 bits per heavy atom. The molecule has 1 saturated heterocycles. The fourth-order valence-corrected chi connectivity index (χ4v) is 2.94. The second-order valence-corrected chi connectivity index (χ2v) is 5.75. The topological polar surface area (TPSA) is 67.2 Å². The number of piperazine rings is 1. The largest absolute Gasteiger partial charge is 0.338 e. The van der Waals surface area contributed by atoms with Crippen molar-refractivity contribution in [1.82, 2.24) is 30.0 Å². The summed E-state index contributed by atoms with van der Waals surface area (Å²) in [6, 6.07) is 9.61. The molecule has 1 atom stereocenters. The van der Waals surface area contributed by atoms with Gasteiger partial charge in [-0.3, -0.25) is 4.79 Å². The molecule has 0 unspecified atom stereocenters. The first kappa shape index (κ1) is 15.6. The summed E-state index contributed by atoms with van der Waals surface area (Å²) in [5.74, 6) is 0.0944. The van der Waals surface area contributed by atoms with Crippen LogP contribution < -0.4 is 0 Å². The van der Waals surface area contributed by atoms with Crippen LogP contribution in [0.4, 0.5) is 0 Å². The maximum absolute atomic E-state index is 13.0. The van der Waals surface area contributed by atoms with Crippen LogP contribution in [0.2, 0.25) is 0 Å². The Hall–Kier alpha value is -2.28. The van der Waals surface area contributed by atoms with Crippen molar-refractivity contribution < 1.29 is 4.79 Å². The van der Waals surface area contributed by atoms with Crippen LogP contribution in [0.15, 0.2) is 36.7 Å². The molecule has 1 aliphatic rings. The van der Waals surface area contributed by atoms with Crippen molar-refractivity contribution in [3.8, 4) is 0 Å². The van der Waals surface area contributed by atoms with Gasteiger partial charge in [-0.1, -0.05) is 37.3 Å². The van der Waals surface area contributed by atoms with Gasteiger partial charge in [-0.05, 0) is 22.5 Å². The van der Waals surface area contributed by atoms with Crippen molar-refractivity contribution in [3.05, 3.63) is 42.2 Å². The highest BCUT2D eigenvalue weighted by atomic mass is 16.2. The molecule has 1 aliphatic heterocycles. The van der Waals surface area contributed by atoms with E-state index >= 15 is 0 Å². The van der Waals surface area contributed by atoms with Crippen molar-refractivity contribution in [1.29, 1.82) is 0 Å². The van der Waals surface area contributed by atoms with E-state index in [1.807, 2.05) is 35.2 Å². The fourth-order valence-electron chi connectivity index (χ4n) is 2.94. The van der Waals surface area contributed by atoms with Gasteiger partial charge < -0.3 is 9.80 Å². The monoisotopic (exact) mass is 314 g/mol. The molecule has 1 amide bonds. The standard InChI is InChI=1S/C16H22N6O/c1-2-20-8-10-21(11-9-20)16(23)15(22-13-17-18-19-22)12-14-6-4-3-5-7-14/h3-7,13,15H,2,8-12H2,1H3/t15-/m1/s1. The molecule has 7 nitrogen and oxygen atoms in total. The number of nitrogens with zero attached hydrogens (tertiary/aromatic N) is 6. The molecule has 23 heavy (non-hydrogen) atoms. The first-order chi connectivity index (χ1) is 11.3. The van der Waals surface area contributed by atoms with Gasteiger partial charge in [-0.2, -0.15) is 0 Å². The highest BCUT2D eigenvalue weighted by molar-refractivity contribution is 5.80. The first-order valence-corrected chi connectivity index (χ1v) is 8.05. The molecule has 7 heteroatoms. The molecule has 1 aromatic carbocycles. The number of amides is 1. The van der Waals surface area contributed by atoms with E-state index in [0.717, 1.165) is 38.3 Å². The maximum Gasteiger partial charge on any atom is 0.248 e. The lowest BCUT2D eigenvalue weighted by Gasteiger charge is -2.35. The summed E-state index contributed by atoms with van der Waals surface area (Å²) in [4.78, 5) is 17.3. The second-order valence-electron chi connectivity index (χ2n) is 5.75. The Bertz CT molecular complexity index is 607. The van der Waals surface area contributed by atoms with Crippen LogP contribution in [0.3, 0.4) is 0 Å². The Balaban J connectivity index is 1.74. The van der Waals surface area contributed by atoms with E-state index in [2.05, 4.69) is 27.3 Å². The predicted molar refractivity (Wildman–Crippen MR) is 85.7 cm³/mol. The third-order valence-electron chi connectivity index (χ3n) is 4.37. The second kappa shape index (κ2) is 7.32. The molecule has 0 N–H and O–H groups in total. The van der Waals surface area contributed by atoms with Crippen molar-refractivity contribution >= 4 is 5.91 Å². The Morgan fingerprint density at radius 1 is 1.17 bits per heavy atom. The molecule has 122 valence electrons. The summed E-state index contributed by atoms with van der Waals surface area (Å²) >= 11 is 0. The number of carbonyl (C=O) groups excluding carboxylic acids is 1. The van der Waals surface area contributed by atoms with Crippen LogP contribution in [-0.2, 0) is 11.2 Å². The lowest BCUT2D eigenvalue weighted by molar-refractivity contribution is -0.136. The van der Waals surface area contributed by atoms with Crippen molar-refractivity contribution in [2.45, 2.75) is 19.4 Å². The lowest BCUT2D eigenvalue weighted by atomic mass is 10.0. The van der Waals surface area contributed by atoms with E-state index in [4.69, 9.17) is 0 Å². The molecule has 0 spiro atoms. The van der Waals surface area contributed by atoms with Crippen LogP contribution in [0.25, 0.3) is 0 Å². The van der Waals surface area contributed by atoms with E-state index in [1.165, 1.54) is 6.33 Å². The number of hydrogen-bond donors (Lipinski definition) is 0. The Labute approximate surface area is 135 Å². The number of likely N-dealkylation sites (N-methyl/N-ethyl adjacent to an activating group) is 1. The van der Waals surface area contributed by atoms with Crippen molar-refractivity contribution in [3.63, 3.8) is 0 Å². The zero-order valence-corrected chi connectivity index (χ0v) is 13.4. The highest BCUT2D eigenvalue weighted by Gasteiger charge is 2.29. The predicted octanol–water partition coefficient (Wildman–Crippen LogP) is 0.621. The van der Waals surface area contributed by atoms with Gasteiger partial charge in [0.2, 0.25) is 5.91 Å². The lowest BCUT2D eigenvalue weighted by Crippen LogP contribution is -2.50. The number of tetrazole rings is 1. The minimum atomic E-state index is -0.388. The molecule has 0 radical (unpaired) electrons. The van der Waals surface area contributed by atoms with Gasteiger partial charge in [0.1, 0.15) is 12.4 Å². The van der Waals surface area contributed by atoms with Crippen molar-refractivity contribution in [2.75, 3.05) is 32.7 Å². The van der Waals surface area contributed by atoms with Crippen LogP contribution in [-0.4, -0.2) is 68.6 Å². The molecule has 0 saturated carbocycles. The van der Waals surface area contributed by atoms with Crippen LogP contribution in [0.5, 0.6) is 0 Å². The number of carbonyl (C=O) groups is 1. The molecule has 0 bridgehead atoms. The van der Waals surface area contributed by atoms with Gasteiger partial charge in [-0.15, -0.1) is 5.10 Å². The number of rotatable bonds is 5. The van der Waals surface area contributed by atoms with E-state index < -0.39 is 0 Å². The minimum Gasteiger partial charge on any atom is -0.338 e. The average molecular weight is 314 g/mol. The molecular weight excluding hydrogens is 292 g/mol. The third-order valence-corrected chi connectivity index (χ3v) is 4.37. The average Bonchev–Trinajstić information content (AvgIpc) is 3.14. The number of aromatic nitrogens is 4. The number of hydrogen-bond acceptors (Lipinski definition) is 5. The summed E-state index contributed by atoms with van der Waals surface area (Å²) in [7, 11) is 0. The third kappa shape index (κ3) is 3.73. The molecule has 1 aromatic heterocycles. The first-order valence-electron chi connectivity index (χ1n) is 8.05. The molecule has 3 rings (SSSR count). The summed E-state index contributed by atoms with van der Waals surface area (Å²) in [6.45, 7) is 6.56. The van der Waals surface area contributed by atoms with Gasteiger partial charge in [0.15, 0.2) is 0 Å². The molecule has 2 heterocycles. The van der Waals surface area contributed by atoms with Crippen molar-refractivity contribution in [2.24, 2.45) is 0 Å². The molecular formula is C16H22N6O. The Kier molecular flexibility index (Phi) is 4.97. The molecule has 2 aromatic rings. The van der Waals surface area contributed by atoms with E-state index in [-0.39, 0.29) is 11.9 Å². The Morgan fingerprint density at radius 2 is 1.91 bits per heavy atom. The van der Waals surface area contributed by atoms with E-state index in [9.17, 15) is 4.79 Å². The summed E-state index contributed by atoms with van der Waals surface area (Å²) in [6.07, 6.45) is 2.12. The smallest absolute Gasteiger partial charge is 0.248 e. The van der Waals surface area contributed by atoms with E-state index in [1.54, 1.807) is 4.68 Å². The minimum absolute atomic E-state index is 0.0944. The SMILES string of the molecule is CCN1CCN(C(=O)[C@@H](Cc2ccccc2)n2cnnn2)CC1. The fraction of sp³-hybridized carbons (Fsp3) is 0.500. The summed E-state index contributed by atoms with van der Waals surface area (Å²) in [5.41, 5.74) is 1.11. The quantitative estimate of drug-likeness (QED) is 0.809. The van der Waals surface area contributed by atoms with Crippen LogP contribution >= 0.6 is 0 Å². The maximum atomic E-state index is 13.0. The van der Waals surface area contributed by atoms with Crippen LogP contribution in [0.1, 0.15) is 18.5 Å². The van der Waals surface area contributed by atoms with Gasteiger partial charge in [0.05, 0.1) is 0 Å². The highest BCUT2D eigenvalue weighted by Crippen LogP contribution is 2.17.